The maximum absolute atomic E-state index is 13.1. The lowest BCUT2D eigenvalue weighted by molar-refractivity contribution is -0.136. The minimum absolute atomic E-state index is 0.107. The highest BCUT2D eigenvalue weighted by atomic mass is 16.2. The molecule has 4 heterocycles. The first-order chi connectivity index (χ1) is 15.3. The molecule has 8 nitrogen and oxygen atoms in total. The van der Waals surface area contributed by atoms with E-state index in [1.807, 2.05) is 30.5 Å². The minimum atomic E-state index is 0.107. The number of carbonyl (C=O) groups is 1. The topological polar surface area (TPSA) is 70.4 Å². The van der Waals surface area contributed by atoms with Crippen molar-refractivity contribution in [3.05, 3.63) is 60.9 Å². The summed E-state index contributed by atoms with van der Waals surface area (Å²) in [5.41, 5.74) is 1.24. The molecule has 5 rings (SSSR count). The predicted molar refractivity (Wildman–Crippen MR) is 119 cm³/mol. The van der Waals surface area contributed by atoms with Gasteiger partial charge in [0.2, 0.25) is 5.91 Å². The van der Waals surface area contributed by atoms with Gasteiger partial charge in [-0.25, -0.2) is 4.68 Å². The molecule has 2 aromatic heterocycles. The van der Waals surface area contributed by atoms with Gasteiger partial charge in [0.15, 0.2) is 11.6 Å². The van der Waals surface area contributed by atoms with Crippen molar-refractivity contribution in [2.45, 2.75) is 12.8 Å². The van der Waals surface area contributed by atoms with E-state index < -0.39 is 0 Å². The molecule has 2 fully saturated rings. The maximum Gasteiger partial charge on any atom is 0.225 e. The average Bonchev–Trinajstić information content (AvgIpc) is 3.40. The summed E-state index contributed by atoms with van der Waals surface area (Å²) in [4.78, 5) is 19.7. The van der Waals surface area contributed by atoms with Crippen LogP contribution in [0.15, 0.2) is 60.9 Å². The van der Waals surface area contributed by atoms with Gasteiger partial charge in [-0.3, -0.25) is 4.79 Å². The fourth-order valence-electron chi connectivity index (χ4n) is 4.45. The van der Waals surface area contributed by atoms with Crippen molar-refractivity contribution < 1.29 is 4.79 Å². The summed E-state index contributed by atoms with van der Waals surface area (Å²) in [7, 11) is 0. The molecular formula is C23H27N7O. The standard InChI is InChI=1S/C23H27N7O/c31-23(29-17-15-27(16-18-29)20-5-2-1-3-6-20)19-9-13-28(14-10-19)21-7-8-22(26-25-21)30-12-4-11-24-30/h1-8,11-12,19H,9-10,13-18H2. The summed E-state index contributed by atoms with van der Waals surface area (Å²) >= 11 is 0. The Hall–Kier alpha value is -3.42. The quantitative estimate of drug-likeness (QED) is 0.648. The van der Waals surface area contributed by atoms with E-state index in [-0.39, 0.29) is 5.92 Å². The molecule has 0 unspecified atom stereocenters. The zero-order valence-corrected chi connectivity index (χ0v) is 17.5. The van der Waals surface area contributed by atoms with Crippen molar-refractivity contribution in [1.82, 2.24) is 24.9 Å². The van der Waals surface area contributed by atoms with E-state index in [1.54, 1.807) is 10.9 Å². The molecule has 0 atom stereocenters. The van der Waals surface area contributed by atoms with E-state index >= 15 is 0 Å². The number of hydrogen-bond acceptors (Lipinski definition) is 6. The van der Waals surface area contributed by atoms with Gasteiger partial charge < -0.3 is 14.7 Å². The van der Waals surface area contributed by atoms with Crippen LogP contribution >= 0.6 is 0 Å². The van der Waals surface area contributed by atoms with E-state index in [0.717, 1.165) is 57.9 Å². The zero-order chi connectivity index (χ0) is 21.0. The van der Waals surface area contributed by atoms with Crippen molar-refractivity contribution in [3.63, 3.8) is 0 Å². The van der Waals surface area contributed by atoms with E-state index in [0.29, 0.717) is 11.7 Å². The molecule has 160 valence electrons. The number of aromatic nitrogens is 4. The van der Waals surface area contributed by atoms with Crippen molar-refractivity contribution in [2.75, 3.05) is 49.1 Å². The Bertz CT molecular complexity index is 975. The lowest BCUT2D eigenvalue weighted by Crippen LogP contribution is -2.51. The number of anilines is 2. The van der Waals surface area contributed by atoms with Crippen LogP contribution in [0.3, 0.4) is 0 Å². The van der Waals surface area contributed by atoms with Gasteiger partial charge in [0.05, 0.1) is 0 Å². The Morgan fingerprint density at radius 2 is 1.48 bits per heavy atom. The SMILES string of the molecule is O=C(C1CCN(c2ccc(-n3cccn3)nn2)CC1)N1CCN(c2ccccc2)CC1. The number of carbonyl (C=O) groups excluding carboxylic acids is 1. The first kappa shape index (κ1) is 19.5. The Morgan fingerprint density at radius 3 is 2.13 bits per heavy atom. The maximum atomic E-state index is 13.1. The second-order valence-electron chi connectivity index (χ2n) is 8.11. The first-order valence-corrected chi connectivity index (χ1v) is 11.0. The summed E-state index contributed by atoms with van der Waals surface area (Å²) in [5, 5.41) is 12.8. The third-order valence-electron chi connectivity index (χ3n) is 6.26. The molecule has 0 aliphatic carbocycles. The molecule has 0 bridgehead atoms. The van der Waals surface area contributed by atoms with Gasteiger partial charge in [0.1, 0.15) is 0 Å². The van der Waals surface area contributed by atoms with Crippen LogP contribution < -0.4 is 9.80 Å². The molecule has 2 aliphatic rings. The number of amides is 1. The van der Waals surface area contributed by atoms with Crippen LogP contribution in [0.4, 0.5) is 11.5 Å². The fraction of sp³-hybridized carbons (Fsp3) is 0.391. The van der Waals surface area contributed by atoms with E-state index in [4.69, 9.17) is 0 Å². The summed E-state index contributed by atoms with van der Waals surface area (Å²) in [6.07, 6.45) is 5.29. The van der Waals surface area contributed by atoms with Crippen molar-refractivity contribution in [1.29, 1.82) is 0 Å². The lowest BCUT2D eigenvalue weighted by Gasteiger charge is -2.39. The highest BCUT2D eigenvalue weighted by molar-refractivity contribution is 5.79. The molecular weight excluding hydrogens is 390 g/mol. The zero-order valence-electron chi connectivity index (χ0n) is 17.5. The predicted octanol–water partition coefficient (Wildman–Crippen LogP) is 2.23. The van der Waals surface area contributed by atoms with Gasteiger partial charge >= 0.3 is 0 Å². The molecule has 0 spiro atoms. The molecule has 0 N–H and O–H groups in total. The van der Waals surface area contributed by atoms with Crippen LogP contribution in [0.1, 0.15) is 12.8 Å². The first-order valence-electron chi connectivity index (χ1n) is 11.0. The summed E-state index contributed by atoms with van der Waals surface area (Å²) < 4.78 is 1.69. The second-order valence-corrected chi connectivity index (χ2v) is 8.11. The van der Waals surface area contributed by atoms with Gasteiger partial charge in [-0.2, -0.15) is 5.10 Å². The largest absolute Gasteiger partial charge is 0.368 e. The van der Waals surface area contributed by atoms with Gasteiger partial charge in [0, 0.05) is 63.3 Å². The van der Waals surface area contributed by atoms with Crippen LogP contribution in [0.2, 0.25) is 0 Å². The second kappa shape index (κ2) is 8.75. The van der Waals surface area contributed by atoms with Crippen LogP contribution in [0.25, 0.3) is 5.82 Å². The van der Waals surface area contributed by atoms with Gasteiger partial charge in [-0.05, 0) is 43.2 Å². The van der Waals surface area contributed by atoms with E-state index in [2.05, 4.69) is 54.3 Å². The smallest absolute Gasteiger partial charge is 0.225 e. The molecule has 2 aliphatic heterocycles. The minimum Gasteiger partial charge on any atom is -0.368 e. The number of rotatable bonds is 4. The van der Waals surface area contributed by atoms with E-state index in [9.17, 15) is 4.79 Å². The number of benzene rings is 1. The van der Waals surface area contributed by atoms with Crippen molar-refractivity contribution >= 4 is 17.4 Å². The number of hydrogen-bond donors (Lipinski definition) is 0. The van der Waals surface area contributed by atoms with Crippen LogP contribution in [-0.4, -0.2) is 70.1 Å². The van der Waals surface area contributed by atoms with Crippen LogP contribution in [-0.2, 0) is 4.79 Å². The average molecular weight is 418 g/mol. The molecule has 0 radical (unpaired) electrons. The van der Waals surface area contributed by atoms with Gasteiger partial charge in [-0.15, -0.1) is 10.2 Å². The molecule has 8 heteroatoms. The highest BCUT2D eigenvalue weighted by Crippen LogP contribution is 2.24. The number of para-hydroxylation sites is 1. The Labute approximate surface area is 182 Å². The Morgan fingerprint density at radius 1 is 0.774 bits per heavy atom. The third-order valence-corrected chi connectivity index (χ3v) is 6.26. The van der Waals surface area contributed by atoms with Crippen molar-refractivity contribution in [3.8, 4) is 5.82 Å². The number of piperazine rings is 1. The highest BCUT2D eigenvalue weighted by Gasteiger charge is 2.31. The summed E-state index contributed by atoms with van der Waals surface area (Å²) in [5.74, 6) is 1.98. The Balaban J connectivity index is 1.12. The lowest BCUT2D eigenvalue weighted by atomic mass is 9.95. The molecule has 31 heavy (non-hydrogen) atoms. The molecule has 1 aromatic carbocycles. The summed E-state index contributed by atoms with van der Waals surface area (Å²) in [6.45, 7) is 5.05. The van der Waals surface area contributed by atoms with Gasteiger partial charge in [-0.1, -0.05) is 18.2 Å². The van der Waals surface area contributed by atoms with Crippen molar-refractivity contribution in [2.24, 2.45) is 5.92 Å². The number of nitrogens with zero attached hydrogens (tertiary/aromatic N) is 7. The third kappa shape index (κ3) is 4.23. The molecule has 0 saturated carbocycles. The Kier molecular flexibility index (Phi) is 5.52. The number of piperidine rings is 1. The van der Waals surface area contributed by atoms with E-state index in [1.165, 1.54) is 5.69 Å². The fourth-order valence-corrected chi connectivity index (χ4v) is 4.45. The normalized spacial score (nSPS) is 17.7. The van der Waals surface area contributed by atoms with Crippen LogP contribution in [0.5, 0.6) is 0 Å². The monoisotopic (exact) mass is 417 g/mol. The molecule has 1 amide bonds. The molecule has 2 saturated heterocycles. The summed E-state index contributed by atoms with van der Waals surface area (Å²) in [6, 6.07) is 16.2. The van der Waals surface area contributed by atoms with Gasteiger partial charge in [0.25, 0.3) is 0 Å². The van der Waals surface area contributed by atoms with Crippen LogP contribution in [0, 0.1) is 5.92 Å². The molecule has 3 aromatic rings.